The molecule has 0 bridgehead atoms. The van der Waals surface area contributed by atoms with Crippen LogP contribution >= 0.6 is 0 Å². The van der Waals surface area contributed by atoms with Crippen molar-refractivity contribution in [1.29, 1.82) is 0 Å². The van der Waals surface area contributed by atoms with Gasteiger partial charge in [0.15, 0.2) is 0 Å². The van der Waals surface area contributed by atoms with Crippen LogP contribution in [0.4, 0.5) is 0 Å². The van der Waals surface area contributed by atoms with E-state index >= 15 is 0 Å². The number of nitrogens with zero attached hydrogens (tertiary/aromatic N) is 4. The van der Waals surface area contributed by atoms with E-state index in [1.807, 2.05) is 42.5 Å². The molecule has 0 atom stereocenters. The monoisotopic (exact) mass is 306 g/mol. The van der Waals surface area contributed by atoms with Crippen molar-refractivity contribution in [1.82, 2.24) is 20.2 Å². The van der Waals surface area contributed by atoms with Gasteiger partial charge < -0.3 is 4.74 Å². The van der Waals surface area contributed by atoms with Crippen molar-refractivity contribution in [2.24, 2.45) is 0 Å². The van der Waals surface area contributed by atoms with Crippen LogP contribution in [0.5, 0.6) is 0 Å². The maximum atomic E-state index is 12.1. The summed E-state index contributed by atoms with van der Waals surface area (Å²) in [6.07, 6.45) is 5.18. The molecule has 114 valence electrons. The van der Waals surface area contributed by atoms with Gasteiger partial charge in [-0.1, -0.05) is 42.5 Å². The van der Waals surface area contributed by atoms with Crippen LogP contribution in [-0.4, -0.2) is 32.8 Å². The maximum absolute atomic E-state index is 12.1. The summed E-state index contributed by atoms with van der Waals surface area (Å²) in [5.41, 5.74) is 2.21. The molecule has 1 aromatic heterocycles. The fourth-order valence-electron chi connectivity index (χ4n) is 2.01. The van der Waals surface area contributed by atoms with Crippen LogP contribution in [0.3, 0.4) is 0 Å². The van der Waals surface area contributed by atoms with Crippen LogP contribution in [0, 0.1) is 0 Å². The third-order valence-corrected chi connectivity index (χ3v) is 3.12. The van der Waals surface area contributed by atoms with E-state index < -0.39 is 5.97 Å². The molecule has 3 aromatic rings. The Bertz CT molecular complexity index is 798. The fraction of sp³-hybridized carbons (Fsp3) is 0.0588. The maximum Gasteiger partial charge on any atom is 0.338 e. The topological polar surface area (TPSA) is 69.9 Å². The van der Waals surface area contributed by atoms with Gasteiger partial charge in [0, 0.05) is 0 Å². The fourth-order valence-corrected chi connectivity index (χ4v) is 2.01. The summed E-state index contributed by atoms with van der Waals surface area (Å²) in [7, 11) is 0. The first-order chi connectivity index (χ1) is 11.3. The lowest BCUT2D eigenvalue weighted by Gasteiger charge is -2.04. The van der Waals surface area contributed by atoms with E-state index in [-0.39, 0.29) is 6.61 Å². The second-order valence-corrected chi connectivity index (χ2v) is 4.72. The molecule has 0 aliphatic heterocycles. The number of carbonyl (C=O) groups excluding carboxylic acids is 1. The average Bonchev–Trinajstić information content (AvgIpc) is 3.14. The molecule has 0 fully saturated rings. The number of ether oxygens (including phenoxy) is 1. The third-order valence-electron chi connectivity index (χ3n) is 3.12. The highest BCUT2D eigenvalue weighted by Crippen LogP contribution is 2.10. The van der Waals surface area contributed by atoms with Gasteiger partial charge in [0.25, 0.3) is 0 Å². The lowest BCUT2D eigenvalue weighted by atomic mass is 10.2. The van der Waals surface area contributed by atoms with Crippen molar-refractivity contribution < 1.29 is 9.53 Å². The van der Waals surface area contributed by atoms with Crippen LogP contribution in [0.15, 0.2) is 67.0 Å². The Labute approximate surface area is 133 Å². The molecule has 2 aromatic carbocycles. The van der Waals surface area contributed by atoms with Crippen molar-refractivity contribution in [3.8, 4) is 5.69 Å². The predicted octanol–water partition coefficient (Wildman–Crippen LogP) is 2.53. The summed E-state index contributed by atoms with van der Waals surface area (Å²) in [5.74, 6) is -0.391. The highest BCUT2D eigenvalue weighted by Gasteiger charge is 2.08. The highest BCUT2D eigenvalue weighted by molar-refractivity contribution is 5.90. The smallest absolute Gasteiger partial charge is 0.338 e. The normalized spacial score (nSPS) is 10.8. The molecule has 1 heterocycles. The Morgan fingerprint density at radius 3 is 2.78 bits per heavy atom. The zero-order valence-corrected chi connectivity index (χ0v) is 12.2. The summed E-state index contributed by atoms with van der Waals surface area (Å²) in [6, 6.07) is 16.8. The standard InChI is InChI=1S/C17H14N4O2/c22-17(23-11-5-8-14-6-2-1-3-7-14)15-9-4-10-16(12-15)21-13-18-19-20-21/h1-10,12-13H,11H2/b8-5+. The molecular formula is C17H14N4O2. The van der Waals surface area contributed by atoms with Gasteiger partial charge in [0.05, 0.1) is 11.3 Å². The molecule has 0 amide bonds. The first-order valence-corrected chi connectivity index (χ1v) is 7.05. The van der Waals surface area contributed by atoms with E-state index in [1.54, 1.807) is 24.3 Å². The number of tetrazole rings is 1. The number of aromatic nitrogens is 4. The number of esters is 1. The lowest BCUT2D eigenvalue weighted by Crippen LogP contribution is -2.06. The van der Waals surface area contributed by atoms with E-state index in [2.05, 4.69) is 15.5 Å². The summed E-state index contributed by atoms with van der Waals surface area (Å²) in [6.45, 7) is 0.211. The molecule has 3 rings (SSSR count). The summed E-state index contributed by atoms with van der Waals surface area (Å²) in [5, 5.41) is 10.9. The lowest BCUT2D eigenvalue weighted by molar-refractivity contribution is 0.0550. The molecule has 0 aliphatic rings. The number of hydrogen-bond donors (Lipinski definition) is 0. The van der Waals surface area contributed by atoms with E-state index in [9.17, 15) is 4.79 Å². The average molecular weight is 306 g/mol. The van der Waals surface area contributed by atoms with E-state index in [1.165, 1.54) is 11.0 Å². The van der Waals surface area contributed by atoms with Gasteiger partial charge in [-0.3, -0.25) is 0 Å². The Morgan fingerprint density at radius 2 is 2.00 bits per heavy atom. The van der Waals surface area contributed by atoms with Crippen LogP contribution < -0.4 is 0 Å². The zero-order chi connectivity index (χ0) is 15.9. The van der Waals surface area contributed by atoms with Gasteiger partial charge in [-0.15, -0.1) is 5.10 Å². The Hall–Kier alpha value is -3.28. The number of carbonyl (C=O) groups is 1. The zero-order valence-electron chi connectivity index (χ0n) is 12.2. The minimum absolute atomic E-state index is 0.211. The first kappa shape index (κ1) is 14.6. The van der Waals surface area contributed by atoms with Crippen molar-refractivity contribution in [3.05, 3.63) is 78.1 Å². The van der Waals surface area contributed by atoms with Crippen molar-refractivity contribution in [2.45, 2.75) is 0 Å². The van der Waals surface area contributed by atoms with Crippen molar-refractivity contribution in [2.75, 3.05) is 6.61 Å². The van der Waals surface area contributed by atoms with Gasteiger partial charge in [0.1, 0.15) is 12.9 Å². The molecule has 0 spiro atoms. The van der Waals surface area contributed by atoms with Crippen LogP contribution in [-0.2, 0) is 4.74 Å². The molecule has 0 radical (unpaired) electrons. The Kier molecular flexibility index (Phi) is 4.54. The van der Waals surface area contributed by atoms with Gasteiger partial charge in [-0.25, -0.2) is 9.48 Å². The summed E-state index contributed by atoms with van der Waals surface area (Å²) < 4.78 is 6.71. The summed E-state index contributed by atoms with van der Waals surface area (Å²) in [4.78, 5) is 12.1. The molecule has 0 aliphatic carbocycles. The van der Waals surface area contributed by atoms with Crippen LogP contribution in [0.2, 0.25) is 0 Å². The second kappa shape index (κ2) is 7.13. The highest BCUT2D eigenvalue weighted by atomic mass is 16.5. The first-order valence-electron chi connectivity index (χ1n) is 7.05. The van der Waals surface area contributed by atoms with E-state index in [4.69, 9.17) is 4.74 Å². The Balaban J connectivity index is 1.60. The minimum Gasteiger partial charge on any atom is -0.458 e. The van der Waals surface area contributed by atoms with Crippen molar-refractivity contribution >= 4 is 12.0 Å². The quantitative estimate of drug-likeness (QED) is 0.677. The summed E-state index contributed by atoms with van der Waals surface area (Å²) >= 11 is 0. The largest absolute Gasteiger partial charge is 0.458 e. The second-order valence-electron chi connectivity index (χ2n) is 4.72. The molecule has 23 heavy (non-hydrogen) atoms. The van der Waals surface area contributed by atoms with Crippen LogP contribution in [0.25, 0.3) is 11.8 Å². The number of rotatable bonds is 5. The van der Waals surface area contributed by atoms with Crippen molar-refractivity contribution in [3.63, 3.8) is 0 Å². The SMILES string of the molecule is O=C(OC/C=C/c1ccccc1)c1cccc(-n2cnnn2)c1. The predicted molar refractivity (Wildman–Crippen MR) is 84.9 cm³/mol. The molecule has 0 saturated heterocycles. The van der Waals surface area contributed by atoms with Gasteiger partial charge in [0.2, 0.25) is 0 Å². The molecular weight excluding hydrogens is 292 g/mol. The van der Waals surface area contributed by atoms with Gasteiger partial charge in [-0.05, 0) is 40.3 Å². The number of benzene rings is 2. The molecule has 0 unspecified atom stereocenters. The molecule has 0 N–H and O–H groups in total. The van der Waals surface area contributed by atoms with Gasteiger partial charge in [-0.2, -0.15) is 0 Å². The van der Waals surface area contributed by atoms with Crippen LogP contribution in [0.1, 0.15) is 15.9 Å². The third kappa shape index (κ3) is 3.88. The Morgan fingerprint density at radius 1 is 1.13 bits per heavy atom. The van der Waals surface area contributed by atoms with Gasteiger partial charge >= 0.3 is 5.97 Å². The molecule has 6 nitrogen and oxygen atoms in total. The van der Waals surface area contributed by atoms with E-state index in [0.29, 0.717) is 11.3 Å². The molecule has 0 saturated carbocycles. The minimum atomic E-state index is -0.391. The number of hydrogen-bond acceptors (Lipinski definition) is 5. The van der Waals surface area contributed by atoms with E-state index in [0.717, 1.165) is 5.56 Å². The molecule has 6 heteroatoms.